The summed E-state index contributed by atoms with van der Waals surface area (Å²) >= 11 is 3.45. The van der Waals surface area contributed by atoms with Crippen LogP contribution in [0.2, 0.25) is 0 Å². The van der Waals surface area contributed by atoms with Crippen LogP contribution in [0.15, 0.2) is 27.8 Å². The van der Waals surface area contributed by atoms with E-state index < -0.39 is 0 Å². The molecule has 1 saturated heterocycles. The summed E-state index contributed by atoms with van der Waals surface area (Å²) in [7, 11) is 0. The van der Waals surface area contributed by atoms with Crippen molar-refractivity contribution < 1.29 is 5.21 Å². The highest BCUT2D eigenvalue weighted by molar-refractivity contribution is 9.10. The van der Waals surface area contributed by atoms with Gasteiger partial charge in [0.15, 0.2) is 5.84 Å². The van der Waals surface area contributed by atoms with E-state index in [2.05, 4.69) is 39.0 Å². The number of rotatable bonds is 3. The molecule has 0 bridgehead atoms. The molecule has 1 aromatic rings. The highest BCUT2D eigenvalue weighted by Crippen LogP contribution is 2.30. The van der Waals surface area contributed by atoms with Gasteiger partial charge in [0.2, 0.25) is 0 Å². The number of nitrogens with two attached hydrogens (primary N) is 1. The smallest absolute Gasteiger partial charge is 0.172 e. The molecule has 0 amide bonds. The van der Waals surface area contributed by atoms with E-state index in [1.165, 1.54) is 25.7 Å². The first-order chi connectivity index (χ1) is 9.67. The largest absolute Gasteiger partial charge is 0.409 e. The van der Waals surface area contributed by atoms with Crippen molar-refractivity contribution in [3.8, 4) is 0 Å². The highest BCUT2D eigenvalue weighted by atomic mass is 79.9. The van der Waals surface area contributed by atoms with Gasteiger partial charge in [0, 0.05) is 28.3 Å². The molecule has 2 rings (SSSR count). The summed E-state index contributed by atoms with van der Waals surface area (Å²) in [5.74, 6) is 0.167. The van der Waals surface area contributed by atoms with Gasteiger partial charge in [-0.2, -0.15) is 0 Å². The predicted molar refractivity (Wildman–Crippen MR) is 86.5 cm³/mol. The van der Waals surface area contributed by atoms with Gasteiger partial charge >= 0.3 is 0 Å². The molecule has 0 saturated carbocycles. The Hall–Kier alpha value is -1.23. The molecule has 0 spiro atoms. The molecular weight excluding hydrogens is 318 g/mol. The van der Waals surface area contributed by atoms with Crippen LogP contribution in [0.3, 0.4) is 0 Å². The minimum absolute atomic E-state index is 0.167. The Kier molecular flexibility index (Phi) is 5.29. The van der Waals surface area contributed by atoms with E-state index in [0.717, 1.165) is 28.7 Å². The predicted octanol–water partition coefficient (Wildman–Crippen LogP) is 3.70. The molecule has 1 atom stereocenters. The summed E-state index contributed by atoms with van der Waals surface area (Å²) < 4.78 is 0.936. The van der Waals surface area contributed by atoms with E-state index >= 15 is 0 Å². The molecule has 4 nitrogen and oxygen atoms in total. The van der Waals surface area contributed by atoms with Crippen LogP contribution in [0, 0.1) is 0 Å². The van der Waals surface area contributed by atoms with E-state index in [1.54, 1.807) is 0 Å². The third-order valence-electron chi connectivity index (χ3n) is 4.00. The summed E-state index contributed by atoms with van der Waals surface area (Å²) in [6.07, 6.45) is 6.09. The fourth-order valence-corrected chi connectivity index (χ4v) is 3.30. The zero-order valence-electron chi connectivity index (χ0n) is 11.8. The topological polar surface area (TPSA) is 61.8 Å². The first-order valence-electron chi connectivity index (χ1n) is 7.21. The molecule has 5 heteroatoms. The van der Waals surface area contributed by atoms with Crippen LogP contribution in [-0.2, 0) is 0 Å². The molecule has 1 aliphatic heterocycles. The van der Waals surface area contributed by atoms with Crippen LogP contribution in [0.4, 0.5) is 5.69 Å². The summed E-state index contributed by atoms with van der Waals surface area (Å²) in [6, 6.07) is 6.53. The number of oxime groups is 1. The van der Waals surface area contributed by atoms with Crippen LogP contribution >= 0.6 is 15.9 Å². The number of amidine groups is 1. The van der Waals surface area contributed by atoms with E-state index in [9.17, 15) is 0 Å². The lowest BCUT2D eigenvalue weighted by molar-refractivity contribution is 0.318. The summed E-state index contributed by atoms with van der Waals surface area (Å²) in [5, 5.41) is 12.2. The van der Waals surface area contributed by atoms with Gasteiger partial charge in [-0.25, -0.2) is 0 Å². The lowest BCUT2D eigenvalue weighted by Crippen LogP contribution is -2.36. The van der Waals surface area contributed by atoms with Gasteiger partial charge in [0.25, 0.3) is 0 Å². The number of hydrogen-bond acceptors (Lipinski definition) is 3. The van der Waals surface area contributed by atoms with Crippen molar-refractivity contribution in [2.24, 2.45) is 10.9 Å². The van der Waals surface area contributed by atoms with Gasteiger partial charge in [-0.15, -0.1) is 0 Å². The van der Waals surface area contributed by atoms with Crippen LogP contribution < -0.4 is 10.6 Å². The second kappa shape index (κ2) is 6.97. The fourth-order valence-electron chi connectivity index (χ4n) is 2.94. The molecule has 3 N–H and O–H groups in total. The maximum absolute atomic E-state index is 9.01. The van der Waals surface area contributed by atoms with Gasteiger partial charge < -0.3 is 15.8 Å². The van der Waals surface area contributed by atoms with Crippen LogP contribution in [0.1, 0.15) is 44.6 Å². The molecule has 1 fully saturated rings. The first kappa shape index (κ1) is 15.2. The Morgan fingerprint density at radius 2 is 2.25 bits per heavy atom. The van der Waals surface area contributed by atoms with Gasteiger partial charge in [-0.3, -0.25) is 0 Å². The molecule has 1 aliphatic rings. The van der Waals surface area contributed by atoms with Crippen molar-refractivity contribution in [3.05, 3.63) is 28.2 Å². The second-order valence-corrected chi connectivity index (χ2v) is 6.17. The Bertz CT molecular complexity index is 490. The summed E-state index contributed by atoms with van der Waals surface area (Å²) in [5.41, 5.74) is 7.71. The summed E-state index contributed by atoms with van der Waals surface area (Å²) in [4.78, 5) is 2.42. The number of benzene rings is 1. The maximum Gasteiger partial charge on any atom is 0.172 e. The van der Waals surface area contributed by atoms with Crippen molar-refractivity contribution in [1.29, 1.82) is 0 Å². The molecule has 1 unspecified atom stereocenters. The van der Waals surface area contributed by atoms with Gasteiger partial charge in [0.05, 0.1) is 0 Å². The average molecular weight is 340 g/mol. The minimum Gasteiger partial charge on any atom is -0.409 e. The van der Waals surface area contributed by atoms with Crippen molar-refractivity contribution in [1.82, 2.24) is 0 Å². The Morgan fingerprint density at radius 1 is 1.45 bits per heavy atom. The average Bonchev–Trinajstić information content (AvgIpc) is 2.71. The lowest BCUT2D eigenvalue weighted by Gasteiger charge is -2.33. The fraction of sp³-hybridized carbons (Fsp3) is 0.533. The number of hydrogen-bond donors (Lipinski definition) is 2. The molecule has 1 aromatic carbocycles. The van der Waals surface area contributed by atoms with E-state index in [0.29, 0.717) is 6.04 Å². The van der Waals surface area contributed by atoms with Gasteiger partial charge in [-0.05, 0) is 37.5 Å². The molecule has 0 aliphatic carbocycles. The number of nitrogens with zero attached hydrogens (tertiary/aromatic N) is 2. The van der Waals surface area contributed by atoms with Crippen molar-refractivity contribution in [3.63, 3.8) is 0 Å². The van der Waals surface area contributed by atoms with Crippen molar-refractivity contribution in [2.45, 2.75) is 45.1 Å². The zero-order valence-corrected chi connectivity index (χ0v) is 13.4. The lowest BCUT2D eigenvalue weighted by atomic mass is 10.0. The van der Waals surface area contributed by atoms with E-state index in [4.69, 9.17) is 10.9 Å². The Morgan fingerprint density at radius 3 is 2.95 bits per heavy atom. The molecular formula is C15H22BrN3O. The maximum atomic E-state index is 9.01. The third kappa shape index (κ3) is 3.26. The molecule has 1 heterocycles. The summed E-state index contributed by atoms with van der Waals surface area (Å²) in [6.45, 7) is 3.26. The van der Waals surface area contributed by atoms with E-state index in [-0.39, 0.29) is 5.84 Å². The minimum atomic E-state index is 0.167. The van der Waals surface area contributed by atoms with E-state index in [1.807, 2.05) is 12.1 Å². The Balaban J connectivity index is 2.43. The first-order valence-corrected chi connectivity index (χ1v) is 8.00. The van der Waals surface area contributed by atoms with Crippen molar-refractivity contribution >= 4 is 27.5 Å². The molecule has 110 valence electrons. The van der Waals surface area contributed by atoms with Crippen molar-refractivity contribution in [2.75, 3.05) is 11.4 Å². The van der Waals surface area contributed by atoms with Gasteiger partial charge in [-0.1, -0.05) is 40.9 Å². The highest BCUT2D eigenvalue weighted by Gasteiger charge is 2.23. The molecule has 0 radical (unpaired) electrons. The normalized spacial score (nSPS) is 20.8. The zero-order chi connectivity index (χ0) is 14.5. The standard InChI is InChI=1S/C15H22BrN3O/c1-2-12-6-4-3-5-9-19(12)14-8-7-11(16)10-13(14)15(17)18-20/h7-8,10,12,20H,2-6,9H2,1H3,(H2,17,18). The molecule has 20 heavy (non-hydrogen) atoms. The van der Waals surface area contributed by atoms with Crippen LogP contribution in [-0.4, -0.2) is 23.6 Å². The molecule has 0 aromatic heterocycles. The Labute approximate surface area is 128 Å². The third-order valence-corrected chi connectivity index (χ3v) is 4.49. The van der Waals surface area contributed by atoms with Gasteiger partial charge in [0.1, 0.15) is 0 Å². The van der Waals surface area contributed by atoms with Crippen LogP contribution in [0.25, 0.3) is 0 Å². The number of anilines is 1. The van der Waals surface area contributed by atoms with Crippen LogP contribution in [0.5, 0.6) is 0 Å². The SMILES string of the molecule is CCC1CCCCCN1c1ccc(Br)cc1/C(N)=N/O. The second-order valence-electron chi connectivity index (χ2n) is 5.25. The number of halogens is 1. The quantitative estimate of drug-likeness (QED) is 0.382. The monoisotopic (exact) mass is 339 g/mol.